The van der Waals surface area contributed by atoms with Crippen molar-refractivity contribution >= 4 is 0 Å². The Balaban J connectivity index is 2.45. The Labute approximate surface area is 95.6 Å². The maximum absolute atomic E-state index is 12.0. The number of aromatic nitrogens is 2. The smallest absolute Gasteiger partial charge is 0.385 e. The van der Waals surface area contributed by atoms with Crippen molar-refractivity contribution < 1.29 is 27.5 Å². The molecular weight excluding hydrogens is 241 g/mol. The summed E-state index contributed by atoms with van der Waals surface area (Å²) in [6, 6.07) is 0. The first kappa shape index (κ1) is 13.9. The number of methoxy groups -OCH3 is 1. The molecule has 8 heteroatoms. The second-order valence-electron chi connectivity index (χ2n) is 3.46. The Morgan fingerprint density at radius 1 is 1.47 bits per heavy atom. The van der Waals surface area contributed by atoms with Crippen molar-refractivity contribution in [3.63, 3.8) is 0 Å². The molecule has 17 heavy (non-hydrogen) atoms. The number of halogens is 3. The molecule has 1 N–H and O–H groups in total. The van der Waals surface area contributed by atoms with Gasteiger partial charge in [-0.1, -0.05) is 5.16 Å². The number of alkyl halides is 3. The maximum Gasteiger partial charge on any atom is 0.414 e. The summed E-state index contributed by atoms with van der Waals surface area (Å²) in [5.41, 5.74) is 0. The van der Waals surface area contributed by atoms with E-state index in [2.05, 4.69) is 14.7 Å². The zero-order chi connectivity index (χ0) is 12.9. The summed E-state index contributed by atoms with van der Waals surface area (Å²) in [5, 5.41) is 12.3. The topological polar surface area (TPSA) is 68.4 Å². The Morgan fingerprint density at radius 2 is 2.18 bits per heavy atom. The van der Waals surface area contributed by atoms with Crippen LogP contribution in [0.2, 0.25) is 0 Å². The lowest BCUT2D eigenvalue weighted by molar-refractivity contribution is -0.204. The highest BCUT2D eigenvalue weighted by Gasteiger charge is 2.39. The number of nitrogens with zero attached hydrogens (tertiary/aromatic N) is 2. The van der Waals surface area contributed by atoms with Gasteiger partial charge in [0, 0.05) is 20.1 Å². The van der Waals surface area contributed by atoms with Gasteiger partial charge in [0.25, 0.3) is 0 Å². The number of rotatable bonds is 6. The molecule has 0 spiro atoms. The van der Waals surface area contributed by atoms with Crippen molar-refractivity contribution in [1.82, 2.24) is 10.1 Å². The molecule has 1 heterocycles. The van der Waals surface area contributed by atoms with E-state index in [0.29, 0.717) is 25.3 Å². The van der Waals surface area contributed by atoms with Gasteiger partial charge in [0.15, 0.2) is 11.9 Å². The highest BCUT2D eigenvalue weighted by Crippen LogP contribution is 2.22. The maximum atomic E-state index is 12.0. The third-order valence-corrected chi connectivity index (χ3v) is 2.00. The van der Waals surface area contributed by atoms with E-state index in [1.54, 1.807) is 7.11 Å². The molecule has 0 amide bonds. The molecule has 0 fully saturated rings. The molecule has 98 valence electrons. The van der Waals surface area contributed by atoms with E-state index in [-0.39, 0.29) is 5.89 Å². The summed E-state index contributed by atoms with van der Waals surface area (Å²) in [6.07, 6.45) is -6.77. The Kier molecular flexibility index (Phi) is 4.88. The number of aliphatic hydroxyl groups is 1. The third-order valence-electron chi connectivity index (χ3n) is 2.00. The highest BCUT2D eigenvalue weighted by atomic mass is 19.4. The molecule has 0 aliphatic carbocycles. The van der Waals surface area contributed by atoms with Gasteiger partial charge in [-0.2, -0.15) is 18.2 Å². The quantitative estimate of drug-likeness (QED) is 0.770. The third kappa shape index (κ3) is 4.70. The predicted octanol–water partition coefficient (Wildman–Crippen LogP) is 1.11. The fourth-order valence-electron chi connectivity index (χ4n) is 1.13. The Bertz CT molecular complexity index is 340. The molecule has 0 bridgehead atoms. The first-order valence-corrected chi connectivity index (χ1v) is 4.98. The van der Waals surface area contributed by atoms with Crippen molar-refractivity contribution in [2.24, 2.45) is 0 Å². The van der Waals surface area contributed by atoms with Gasteiger partial charge in [-0.3, -0.25) is 0 Å². The van der Waals surface area contributed by atoms with Crippen LogP contribution < -0.4 is 0 Å². The molecule has 0 aliphatic rings. The Hall–Kier alpha value is -1.15. The van der Waals surface area contributed by atoms with Crippen molar-refractivity contribution in [3.05, 3.63) is 11.7 Å². The molecule has 1 rings (SSSR count). The molecule has 5 nitrogen and oxygen atoms in total. The van der Waals surface area contributed by atoms with E-state index in [9.17, 15) is 13.2 Å². The van der Waals surface area contributed by atoms with Gasteiger partial charge in [-0.25, -0.2) is 0 Å². The fourth-order valence-corrected chi connectivity index (χ4v) is 1.13. The zero-order valence-corrected chi connectivity index (χ0v) is 9.20. The van der Waals surface area contributed by atoms with E-state index in [1.165, 1.54) is 0 Å². The zero-order valence-electron chi connectivity index (χ0n) is 9.20. The molecule has 0 aromatic carbocycles. The van der Waals surface area contributed by atoms with Crippen LogP contribution in [0.25, 0.3) is 0 Å². The lowest BCUT2D eigenvalue weighted by atomic mass is 10.2. The molecule has 0 saturated carbocycles. The van der Waals surface area contributed by atoms with Crippen LogP contribution in [0.1, 0.15) is 18.1 Å². The summed E-state index contributed by atoms with van der Waals surface area (Å²) >= 11 is 0. The van der Waals surface area contributed by atoms with E-state index in [0.717, 1.165) is 0 Å². The van der Waals surface area contributed by atoms with E-state index in [1.807, 2.05) is 0 Å². The number of aryl methyl sites for hydroxylation is 1. The molecule has 0 saturated heterocycles. The highest BCUT2D eigenvalue weighted by molar-refractivity contribution is 4.89. The van der Waals surface area contributed by atoms with Crippen LogP contribution in [-0.2, 0) is 17.6 Å². The van der Waals surface area contributed by atoms with Crippen molar-refractivity contribution in [3.8, 4) is 0 Å². The largest absolute Gasteiger partial charge is 0.414 e. The first-order chi connectivity index (χ1) is 7.93. The first-order valence-electron chi connectivity index (χ1n) is 4.98. The van der Waals surface area contributed by atoms with Crippen LogP contribution in [0.3, 0.4) is 0 Å². The van der Waals surface area contributed by atoms with E-state index >= 15 is 0 Å². The number of hydrogen-bond acceptors (Lipinski definition) is 5. The molecule has 1 unspecified atom stereocenters. The molecule has 0 radical (unpaired) electrons. The van der Waals surface area contributed by atoms with Crippen molar-refractivity contribution in [2.45, 2.75) is 31.5 Å². The summed E-state index contributed by atoms with van der Waals surface area (Å²) in [4.78, 5) is 3.74. The second-order valence-corrected chi connectivity index (χ2v) is 3.46. The molecule has 0 aliphatic heterocycles. The van der Waals surface area contributed by atoms with Gasteiger partial charge >= 0.3 is 6.18 Å². The van der Waals surface area contributed by atoms with Gasteiger partial charge in [-0.05, 0) is 6.42 Å². The lowest BCUT2D eigenvalue weighted by Crippen LogP contribution is -2.30. The SMILES string of the molecule is COCCCc1noc(CC(O)C(F)(F)F)n1. The fraction of sp³-hybridized carbons (Fsp3) is 0.778. The summed E-state index contributed by atoms with van der Waals surface area (Å²) in [6.45, 7) is 0.509. The number of hydrogen-bond donors (Lipinski definition) is 1. The standard InChI is InChI=1S/C9H13F3N2O3/c1-16-4-2-3-7-13-8(17-14-7)5-6(15)9(10,11)12/h6,15H,2-5H2,1H3. The minimum atomic E-state index is -4.68. The number of ether oxygens (including phenoxy) is 1. The molecule has 1 aromatic heterocycles. The van der Waals surface area contributed by atoms with Crippen LogP contribution in [0.15, 0.2) is 4.52 Å². The minimum absolute atomic E-state index is 0.220. The summed E-state index contributed by atoms with van der Waals surface area (Å²) in [5.74, 6) is 0.0914. The van der Waals surface area contributed by atoms with Crippen LogP contribution >= 0.6 is 0 Å². The van der Waals surface area contributed by atoms with Gasteiger partial charge in [0.2, 0.25) is 5.89 Å². The summed E-state index contributed by atoms with van der Waals surface area (Å²) in [7, 11) is 1.54. The van der Waals surface area contributed by atoms with Crippen molar-refractivity contribution in [2.75, 3.05) is 13.7 Å². The number of aliphatic hydroxyl groups excluding tert-OH is 1. The average molecular weight is 254 g/mol. The summed E-state index contributed by atoms with van der Waals surface area (Å²) < 4.78 is 45.5. The average Bonchev–Trinajstić information content (AvgIpc) is 2.65. The van der Waals surface area contributed by atoms with Gasteiger partial charge < -0.3 is 14.4 Å². The predicted molar refractivity (Wildman–Crippen MR) is 50.3 cm³/mol. The van der Waals surface area contributed by atoms with Crippen molar-refractivity contribution in [1.29, 1.82) is 0 Å². The minimum Gasteiger partial charge on any atom is -0.385 e. The van der Waals surface area contributed by atoms with Crippen LogP contribution in [-0.4, -0.2) is 41.2 Å². The van der Waals surface area contributed by atoms with E-state index < -0.39 is 18.7 Å². The normalized spacial score (nSPS) is 13.9. The van der Waals surface area contributed by atoms with Crippen LogP contribution in [0, 0.1) is 0 Å². The van der Waals surface area contributed by atoms with E-state index in [4.69, 9.17) is 9.84 Å². The van der Waals surface area contributed by atoms with Gasteiger partial charge in [0.1, 0.15) is 0 Å². The Morgan fingerprint density at radius 3 is 2.76 bits per heavy atom. The van der Waals surface area contributed by atoms with Crippen LogP contribution in [0.4, 0.5) is 13.2 Å². The second kappa shape index (κ2) is 5.97. The molecule has 1 atom stereocenters. The molecular formula is C9H13F3N2O3. The van der Waals surface area contributed by atoms with Gasteiger partial charge in [-0.15, -0.1) is 0 Å². The van der Waals surface area contributed by atoms with Gasteiger partial charge in [0.05, 0.1) is 6.42 Å². The monoisotopic (exact) mass is 254 g/mol. The lowest BCUT2D eigenvalue weighted by Gasteiger charge is -2.11. The molecule has 1 aromatic rings. The van der Waals surface area contributed by atoms with Crippen LogP contribution in [0.5, 0.6) is 0 Å².